The lowest BCUT2D eigenvalue weighted by Gasteiger charge is -2.52. The number of benzene rings is 2. The van der Waals surface area contributed by atoms with Gasteiger partial charge < -0.3 is 14.8 Å². The SMILES string of the molecule is N=S(=N)(c1ccc(I)cc1)[C@@]12CC[C@@H](NC(=O)OC3CCCC3)C[C@@H]1COc1c(F)ccc(I)c12. The molecule has 0 radical (unpaired) electrons. The van der Waals surface area contributed by atoms with Gasteiger partial charge in [0.1, 0.15) is 6.10 Å². The van der Waals surface area contributed by atoms with Crippen molar-refractivity contribution in [2.45, 2.75) is 66.7 Å². The van der Waals surface area contributed by atoms with Gasteiger partial charge in [0.05, 0.1) is 11.4 Å². The molecule has 0 saturated heterocycles. The van der Waals surface area contributed by atoms with Crippen molar-refractivity contribution in [2.75, 3.05) is 6.61 Å². The van der Waals surface area contributed by atoms with Crippen LogP contribution < -0.4 is 10.1 Å². The summed E-state index contributed by atoms with van der Waals surface area (Å²) in [5.74, 6) is -0.473. The molecule has 1 amide bonds. The highest BCUT2D eigenvalue weighted by Gasteiger charge is 2.55. The number of amides is 1. The number of hydrogen-bond donors (Lipinski definition) is 3. The summed E-state index contributed by atoms with van der Waals surface area (Å²) in [6, 6.07) is 10.6. The molecule has 0 aromatic heterocycles. The van der Waals surface area contributed by atoms with Crippen LogP contribution in [0.3, 0.4) is 0 Å². The second kappa shape index (κ2) is 9.96. The summed E-state index contributed by atoms with van der Waals surface area (Å²) in [4.78, 5) is 13.2. The van der Waals surface area contributed by atoms with E-state index in [1.807, 2.05) is 24.3 Å². The smallest absolute Gasteiger partial charge is 0.407 e. The van der Waals surface area contributed by atoms with Crippen molar-refractivity contribution in [3.63, 3.8) is 0 Å². The Morgan fingerprint density at radius 3 is 2.54 bits per heavy atom. The zero-order chi connectivity index (χ0) is 24.8. The highest BCUT2D eigenvalue weighted by Crippen LogP contribution is 2.57. The van der Waals surface area contributed by atoms with Crippen LogP contribution in [0, 0.1) is 28.4 Å². The monoisotopic (exact) mass is 723 g/mol. The van der Waals surface area contributed by atoms with Gasteiger partial charge in [-0.15, -0.1) is 0 Å². The van der Waals surface area contributed by atoms with Gasteiger partial charge in [-0.3, -0.25) is 9.56 Å². The minimum atomic E-state index is -2.92. The standard InChI is InChI=1S/C25H28FI2N3O3S/c26-20-9-10-21(28)22-23(20)33-14-15-13-17(31-24(32)34-18-3-1-2-4-18)11-12-25(15,22)35(29,30)19-7-5-16(27)6-8-19/h5-10,15,17-18,29-30H,1-4,11-14H2,(H,31,32)/t15-,17-,25+/m1/s1. The third-order valence-corrected chi connectivity index (χ3v) is 12.0. The van der Waals surface area contributed by atoms with Crippen molar-refractivity contribution in [1.82, 2.24) is 5.32 Å². The Morgan fingerprint density at radius 2 is 1.83 bits per heavy atom. The lowest BCUT2D eigenvalue weighted by molar-refractivity contribution is 0.0832. The summed E-state index contributed by atoms with van der Waals surface area (Å²) in [5, 5.41) is 3.04. The van der Waals surface area contributed by atoms with Crippen LogP contribution in [0.25, 0.3) is 0 Å². The molecule has 0 spiro atoms. The summed E-state index contributed by atoms with van der Waals surface area (Å²) in [6.07, 6.45) is 5.27. The lowest BCUT2D eigenvalue weighted by atomic mass is 9.71. The largest absolute Gasteiger partial charge is 0.490 e. The van der Waals surface area contributed by atoms with E-state index in [0.717, 1.165) is 32.8 Å². The van der Waals surface area contributed by atoms with Gasteiger partial charge in [-0.2, -0.15) is 0 Å². The normalized spacial score (nSPS) is 26.4. The van der Waals surface area contributed by atoms with Crippen molar-refractivity contribution in [1.29, 1.82) is 9.56 Å². The zero-order valence-corrected chi connectivity index (χ0v) is 24.3. The first-order chi connectivity index (χ1) is 16.7. The summed E-state index contributed by atoms with van der Waals surface area (Å²) in [5.41, 5.74) is 0.653. The molecule has 0 unspecified atom stereocenters. The minimum absolute atomic E-state index is 0.00780. The first kappa shape index (κ1) is 25.5. The predicted molar refractivity (Wildman–Crippen MR) is 150 cm³/mol. The van der Waals surface area contributed by atoms with Gasteiger partial charge in [-0.1, -0.05) is 0 Å². The van der Waals surface area contributed by atoms with Gasteiger partial charge >= 0.3 is 6.09 Å². The number of fused-ring (bicyclic) bond motifs is 3. The summed E-state index contributed by atoms with van der Waals surface area (Å²) >= 11 is 4.40. The molecule has 2 aromatic rings. The maximum absolute atomic E-state index is 14.9. The van der Waals surface area contributed by atoms with Crippen LogP contribution >= 0.6 is 45.2 Å². The molecule has 1 aliphatic heterocycles. The van der Waals surface area contributed by atoms with Crippen LogP contribution in [-0.4, -0.2) is 24.8 Å². The highest BCUT2D eigenvalue weighted by atomic mass is 127. The molecular formula is C25H28FI2N3O3S. The average molecular weight is 723 g/mol. The Morgan fingerprint density at radius 1 is 1.11 bits per heavy atom. The van der Waals surface area contributed by atoms with Gasteiger partial charge in [0, 0.05) is 29.6 Å². The first-order valence-corrected chi connectivity index (χ1v) is 15.7. The third kappa shape index (κ3) is 4.55. The fraction of sp³-hybridized carbons (Fsp3) is 0.480. The molecule has 2 aliphatic carbocycles. The maximum atomic E-state index is 14.9. The van der Waals surface area contributed by atoms with Crippen LogP contribution in [0.2, 0.25) is 0 Å². The van der Waals surface area contributed by atoms with Crippen molar-refractivity contribution in [3.05, 3.63) is 54.9 Å². The Hall–Kier alpha value is -1.15. The van der Waals surface area contributed by atoms with Gasteiger partial charge in [0.2, 0.25) is 0 Å². The third-order valence-electron chi connectivity index (χ3n) is 7.61. The van der Waals surface area contributed by atoms with Gasteiger partial charge in [-0.05, 0) is 136 Å². The fourth-order valence-corrected chi connectivity index (χ4v) is 9.93. The molecule has 2 aromatic carbocycles. The quantitative estimate of drug-likeness (QED) is 0.292. The highest BCUT2D eigenvalue weighted by molar-refractivity contribution is 14.1. The van der Waals surface area contributed by atoms with Crippen LogP contribution in [0.4, 0.5) is 9.18 Å². The average Bonchev–Trinajstić information content (AvgIpc) is 3.34. The van der Waals surface area contributed by atoms with Crippen molar-refractivity contribution in [3.8, 4) is 5.75 Å². The van der Waals surface area contributed by atoms with Crippen molar-refractivity contribution in [2.24, 2.45) is 5.92 Å². The van der Waals surface area contributed by atoms with E-state index in [1.54, 1.807) is 6.07 Å². The zero-order valence-electron chi connectivity index (χ0n) is 19.1. The van der Waals surface area contributed by atoms with Crippen molar-refractivity contribution < 1.29 is 18.7 Å². The number of halogens is 3. The minimum Gasteiger partial charge on any atom is -0.490 e. The molecule has 5 rings (SSSR count). The Labute approximate surface area is 232 Å². The van der Waals surface area contributed by atoms with E-state index < -0.39 is 20.2 Å². The number of hydrogen-bond acceptors (Lipinski definition) is 5. The second-order valence-electron chi connectivity index (χ2n) is 9.62. The molecule has 3 N–H and O–H groups in total. The summed E-state index contributed by atoms with van der Waals surface area (Å²) < 4.78 is 46.6. The van der Waals surface area contributed by atoms with E-state index in [2.05, 4.69) is 50.5 Å². The Balaban J connectivity index is 1.51. The summed E-state index contributed by atoms with van der Waals surface area (Å²) in [6.45, 7) is 0.219. The van der Waals surface area contributed by atoms with Crippen molar-refractivity contribution >= 4 is 60.9 Å². The number of rotatable bonds is 4. The molecular weight excluding hydrogens is 695 g/mol. The van der Waals surface area contributed by atoms with E-state index in [-0.39, 0.29) is 36.5 Å². The Kier molecular flexibility index (Phi) is 7.25. The van der Waals surface area contributed by atoms with Gasteiger partial charge in [0.15, 0.2) is 11.6 Å². The number of ether oxygens (including phenoxy) is 2. The number of nitrogens with one attached hydrogen (secondary N) is 3. The lowest BCUT2D eigenvalue weighted by Crippen LogP contribution is -2.55. The van der Waals surface area contributed by atoms with Gasteiger partial charge in [0.25, 0.3) is 0 Å². The molecule has 35 heavy (non-hydrogen) atoms. The van der Waals surface area contributed by atoms with Crippen LogP contribution in [0.5, 0.6) is 5.75 Å². The molecule has 1 heterocycles. The second-order valence-corrected chi connectivity index (χ2v) is 14.5. The fourth-order valence-electron chi connectivity index (χ4n) is 5.92. The molecule has 6 nitrogen and oxygen atoms in total. The van der Waals surface area contributed by atoms with E-state index in [4.69, 9.17) is 9.47 Å². The first-order valence-electron chi connectivity index (χ1n) is 11.9. The topological polar surface area (TPSA) is 95.3 Å². The maximum Gasteiger partial charge on any atom is 0.407 e. The molecule has 3 aliphatic rings. The van der Waals surface area contributed by atoms with Crippen LogP contribution in [0.1, 0.15) is 50.5 Å². The van der Waals surface area contributed by atoms with Gasteiger partial charge in [-0.25, -0.2) is 9.18 Å². The molecule has 2 fully saturated rings. The van der Waals surface area contributed by atoms with E-state index in [1.165, 1.54) is 6.07 Å². The molecule has 0 bridgehead atoms. The molecule has 3 atom stereocenters. The van der Waals surface area contributed by atoms with E-state index in [0.29, 0.717) is 29.7 Å². The van der Waals surface area contributed by atoms with Crippen LogP contribution in [-0.2, 0) is 19.1 Å². The van der Waals surface area contributed by atoms with E-state index >= 15 is 0 Å². The molecule has 188 valence electrons. The number of alkyl carbamates (subject to hydrolysis) is 1. The number of carbonyl (C=O) groups excluding carboxylic acids is 1. The summed E-state index contributed by atoms with van der Waals surface area (Å²) in [7, 11) is -2.92. The Bertz CT molecular complexity index is 1240. The van der Waals surface area contributed by atoms with E-state index in [9.17, 15) is 18.7 Å². The number of carbonyl (C=O) groups is 1. The predicted octanol–water partition coefficient (Wildman–Crippen LogP) is 7.20. The molecule has 10 heteroatoms. The van der Waals surface area contributed by atoms with Crippen LogP contribution in [0.15, 0.2) is 41.3 Å². The molecule has 2 saturated carbocycles.